The van der Waals surface area contributed by atoms with Gasteiger partial charge >= 0.3 is 0 Å². The van der Waals surface area contributed by atoms with Crippen LogP contribution in [0.15, 0.2) is 48.7 Å². The first kappa shape index (κ1) is 22.3. The Bertz CT molecular complexity index is 1310. The highest BCUT2D eigenvalue weighted by Gasteiger charge is 2.38. The average Bonchev–Trinajstić information content (AvgIpc) is 3.50. The summed E-state index contributed by atoms with van der Waals surface area (Å²) in [5, 5.41) is 5.18. The topological polar surface area (TPSA) is 79.4 Å². The van der Waals surface area contributed by atoms with E-state index in [1.165, 1.54) is 36.0 Å². The number of aryl methyl sites for hydroxylation is 1. The van der Waals surface area contributed by atoms with E-state index >= 15 is 0 Å². The summed E-state index contributed by atoms with van der Waals surface area (Å²) < 4.78 is 24.8. The highest BCUT2D eigenvalue weighted by Crippen LogP contribution is 2.48. The van der Waals surface area contributed by atoms with Gasteiger partial charge in [0.2, 0.25) is 10.0 Å². The van der Waals surface area contributed by atoms with Crippen LogP contribution in [-0.4, -0.2) is 32.6 Å². The van der Waals surface area contributed by atoms with Gasteiger partial charge in [0.05, 0.1) is 29.9 Å². The lowest BCUT2D eigenvalue weighted by atomic mass is 9.95. The smallest absolute Gasteiger partial charge is 0.251 e. The van der Waals surface area contributed by atoms with Crippen molar-refractivity contribution < 1.29 is 13.2 Å². The fourth-order valence-electron chi connectivity index (χ4n) is 3.91. The van der Waals surface area contributed by atoms with Crippen LogP contribution in [0, 0.1) is 6.92 Å². The molecule has 1 fully saturated rings. The fourth-order valence-corrected chi connectivity index (χ4v) is 4.46. The molecular formula is C25H29N3O3S. The Balaban J connectivity index is 1.51. The fraction of sp³-hybridized carbons (Fsp3) is 0.360. The second-order valence-corrected chi connectivity index (χ2v) is 11.2. The van der Waals surface area contributed by atoms with Crippen molar-refractivity contribution in [2.45, 2.75) is 45.1 Å². The number of sulfonamides is 1. The second kappa shape index (κ2) is 7.89. The highest BCUT2D eigenvalue weighted by atomic mass is 32.2. The number of pyridine rings is 1. The number of carbonyl (C=O) groups excluding carboxylic acids is 1. The lowest BCUT2D eigenvalue weighted by molar-refractivity contribution is 0.0939. The monoisotopic (exact) mass is 451 g/mol. The predicted octanol–water partition coefficient (Wildman–Crippen LogP) is 4.48. The minimum atomic E-state index is -3.37. The number of rotatable bonds is 6. The van der Waals surface area contributed by atoms with E-state index in [1.54, 1.807) is 0 Å². The maximum Gasteiger partial charge on any atom is 0.251 e. The summed E-state index contributed by atoms with van der Waals surface area (Å²) in [6, 6.07) is 13.7. The van der Waals surface area contributed by atoms with Crippen LogP contribution < -0.4 is 9.62 Å². The Kier molecular flexibility index (Phi) is 5.49. The zero-order valence-corrected chi connectivity index (χ0v) is 20.0. The van der Waals surface area contributed by atoms with E-state index in [1.807, 2.05) is 38.1 Å². The Morgan fingerprint density at radius 2 is 1.78 bits per heavy atom. The number of benzene rings is 2. The van der Waals surface area contributed by atoms with E-state index in [4.69, 9.17) is 0 Å². The third-order valence-corrected chi connectivity index (χ3v) is 7.72. The molecule has 1 aromatic heterocycles. The third kappa shape index (κ3) is 4.35. The molecule has 0 radical (unpaired) electrons. The van der Waals surface area contributed by atoms with Crippen LogP contribution in [0.2, 0.25) is 0 Å². The van der Waals surface area contributed by atoms with Crippen molar-refractivity contribution in [2.75, 3.05) is 17.6 Å². The predicted molar refractivity (Wildman–Crippen MR) is 129 cm³/mol. The summed E-state index contributed by atoms with van der Waals surface area (Å²) >= 11 is 0. The van der Waals surface area contributed by atoms with Gasteiger partial charge in [0.25, 0.3) is 5.91 Å². The molecule has 168 valence electrons. The van der Waals surface area contributed by atoms with E-state index in [0.717, 1.165) is 22.6 Å². The quantitative estimate of drug-likeness (QED) is 0.599. The van der Waals surface area contributed by atoms with Gasteiger partial charge in [-0.05, 0) is 72.2 Å². The largest absolute Gasteiger partial charge is 0.344 e. The van der Waals surface area contributed by atoms with Gasteiger partial charge in [-0.2, -0.15) is 0 Å². The lowest BCUT2D eigenvalue weighted by Gasteiger charge is -2.20. The van der Waals surface area contributed by atoms with E-state index in [9.17, 15) is 13.2 Å². The average molecular weight is 452 g/mol. The molecule has 2 aromatic carbocycles. The van der Waals surface area contributed by atoms with Gasteiger partial charge in [0.15, 0.2) is 0 Å². The molecule has 32 heavy (non-hydrogen) atoms. The lowest BCUT2D eigenvalue weighted by Crippen LogP contribution is -2.28. The van der Waals surface area contributed by atoms with E-state index in [2.05, 4.69) is 35.4 Å². The number of fused-ring (bicyclic) bond motifs is 1. The first-order valence-electron chi connectivity index (χ1n) is 10.7. The Labute approximate surface area is 189 Å². The van der Waals surface area contributed by atoms with Crippen molar-refractivity contribution in [2.24, 2.45) is 0 Å². The van der Waals surface area contributed by atoms with Crippen LogP contribution in [-0.2, 0) is 15.4 Å². The van der Waals surface area contributed by atoms with Crippen LogP contribution in [0.25, 0.3) is 10.8 Å². The van der Waals surface area contributed by atoms with Gasteiger partial charge in [-0.15, -0.1) is 0 Å². The summed E-state index contributed by atoms with van der Waals surface area (Å²) in [6.07, 6.45) is 5.15. The van der Waals surface area contributed by atoms with E-state index < -0.39 is 10.0 Å². The summed E-state index contributed by atoms with van der Waals surface area (Å²) in [7, 11) is -1.87. The molecule has 0 aliphatic heterocycles. The number of anilines is 1. The SMILES string of the molecule is Cc1cc([C@@H](C)NC(=O)c2ccc3cc(C4(C)CC4)ccc3c2)ncc1N(C)S(C)(=O)=O. The highest BCUT2D eigenvalue weighted by molar-refractivity contribution is 7.92. The summed E-state index contributed by atoms with van der Waals surface area (Å²) in [4.78, 5) is 17.3. The third-order valence-electron chi connectivity index (χ3n) is 6.53. The number of aromatic nitrogens is 1. The number of amides is 1. The summed E-state index contributed by atoms with van der Waals surface area (Å²) in [6.45, 7) is 5.98. The number of nitrogens with zero attached hydrogens (tertiary/aromatic N) is 2. The molecule has 0 unspecified atom stereocenters. The molecule has 1 saturated carbocycles. The molecule has 0 spiro atoms. The van der Waals surface area contributed by atoms with E-state index in [-0.39, 0.29) is 11.9 Å². The van der Waals surface area contributed by atoms with Gasteiger partial charge in [-0.1, -0.05) is 31.2 Å². The van der Waals surface area contributed by atoms with Crippen LogP contribution >= 0.6 is 0 Å². The van der Waals surface area contributed by atoms with Gasteiger partial charge in [-0.25, -0.2) is 8.42 Å². The van der Waals surface area contributed by atoms with E-state index in [0.29, 0.717) is 22.4 Å². The number of hydrogen-bond donors (Lipinski definition) is 1. The molecule has 7 heteroatoms. The minimum absolute atomic E-state index is 0.172. The maximum atomic E-state index is 12.9. The molecule has 1 heterocycles. The first-order chi connectivity index (χ1) is 15.0. The summed E-state index contributed by atoms with van der Waals surface area (Å²) in [5.74, 6) is -0.172. The van der Waals surface area contributed by atoms with Crippen LogP contribution in [0.5, 0.6) is 0 Å². The normalized spacial score (nSPS) is 15.9. The molecule has 0 bridgehead atoms. The molecule has 4 rings (SSSR count). The van der Waals surface area contributed by atoms with Crippen LogP contribution in [0.1, 0.15) is 59.9 Å². The molecule has 1 N–H and O–H groups in total. The minimum Gasteiger partial charge on any atom is -0.344 e. The van der Waals surface area contributed by atoms with Gasteiger partial charge in [0, 0.05) is 12.6 Å². The molecule has 1 amide bonds. The maximum absolute atomic E-state index is 12.9. The zero-order valence-electron chi connectivity index (χ0n) is 19.1. The molecule has 3 aromatic rings. The first-order valence-corrected chi connectivity index (χ1v) is 12.6. The summed E-state index contributed by atoms with van der Waals surface area (Å²) in [5.41, 5.74) is 4.24. The van der Waals surface area contributed by atoms with Crippen molar-refractivity contribution in [1.82, 2.24) is 10.3 Å². The van der Waals surface area contributed by atoms with Crippen molar-refractivity contribution in [3.05, 3.63) is 71.0 Å². The zero-order chi connectivity index (χ0) is 23.3. The Hall–Kier alpha value is -2.93. The Morgan fingerprint density at radius 3 is 2.41 bits per heavy atom. The molecule has 1 aliphatic carbocycles. The van der Waals surface area contributed by atoms with Gasteiger partial charge in [-0.3, -0.25) is 14.1 Å². The van der Waals surface area contributed by atoms with Crippen molar-refractivity contribution in [3.63, 3.8) is 0 Å². The van der Waals surface area contributed by atoms with Gasteiger partial charge < -0.3 is 5.32 Å². The van der Waals surface area contributed by atoms with Crippen molar-refractivity contribution >= 4 is 32.4 Å². The van der Waals surface area contributed by atoms with Crippen molar-refractivity contribution in [3.8, 4) is 0 Å². The number of nitrogens with one attached hydrogen (secondary N) is 1. The second-order valence-electron chi connectivity index (χ2n) is 9.16. The van der Waals surface area contributed by atoms with Gasteiger partial charge in [0.1, 0.15) is 0 Å². The number of carbonyl (C=O) groups is 1. The van der Waals surface area contributed by atoms with Crippen LogP contribution in [0.4, 0.5) is 5.69 Å². The van der Waals surface area contributed by atoms with Crippen molar-refractivity contribution in [1.29, 1.82) is 0 Å². The molecule has 1 aliphatic rings. The molecule has 0 saturated heterocycles. The van der Waals surface area contributed by atoms with Crippen LogP contribution in [0.3, 0.4) is 0 Å². The molecule has 6 nitrogen and oxygen atoms in total. The molecular weight excluding hydrogens is 422 g/mol. The Morgan fingerprint density at radius 1 is 1.12 bits per heavy atom. The standard InChI is InChI=1S/C25H29N3O3S/c1-16-12-22(26-15-23(16)28(4)32(5,30)31)17(2)27-24(29)20-7-6-19-14-21(25(3)10-11-25)9-8-18(19)13-20/h6-9,12-15,17H,10-11H2,1-5H3,(H,27,29)/t17-/m1/s1. The molecule has 1 atom stereocenters. The number of hydrogen-bond acceptors (Lipinski definition) is 4.